The number of halogens is 2. The molecule has 0 unspecified atom stereocenters. The minimum atomic E-state index is -0.658. The van der Waals surface area contributed by atoms with Gasteiger partial charge in [0.25, 0.3) is 5.69 Å². The smallest absolute Gasteiger partial charge is 0.363 e. The summed E-state index contributed by atoms with van der Waals surface area (Å²) in [6.07, 6.45) is 1.50. The van der Waals surface area contributed by atoms with Gasteiger partial charge < -0.3 is 14.2 Å². The predicted octanol–water partition coefficient (Wildman–Crippen LogP) is 6.14. The van der Waals surface area contributed by atoms with Crippen LogP contribution in [0, 0.1) is 17.0 Å². The summed E-state index contributed by atoms with van der Waals surface area (Å²) in [5.41, 5.74) is 2.33. The molecule has 0 N–H and O–H groups in total. The maximum atomic E-state index is 12.4. The molecule has 3 aromatic rings. The Morgan fingerprint density at radius 2 is 1.86 bits per heavy atom. The zero-order valence-electron chi connectivity index (χ0n) is 18.6. The Kier molecular flexibility index (Phi) is 7.04. The molecule has 35 heavy (non-hydrogen) atoms. The van der Waals surface area contributed by atoms with Crippen molar-refractivity contribution in [2.45, 2.75) is 13.5 Å². The van der Waals surface area contributed by atoms with Crippen molar-refractivity contribution in [2.75, 3.05) is 7.11 Å². The average Bonchev–Trinajstić information content (AvgIpc) is 3.18. The number of nitro benzene ring substituents is 1. The fourth-order valence-corrected chi connectivity index (χ4v) is 3.78. The van der Waals surface area contributed by atoms with E-state index >= 15 is 0 Å². The number of aliphatic imine (C=N–C) groups is 1. The van der Waals surface area contributed by atoms with Crippen molar-refractivity contribution in [3.8, 4) is 11.5 Å². The molecule has 0 radical (unpaired) electrons. The summed E-state index contributed by atoms with van der Waals surface area (Å²) in [5, 5.41) is 11.9. The first-order valence-corrected chi connectivity index (χ1v) is 11.0. The Bertz CT molecular complexity index is 1380. The first-order valence-electron chi connectivity index (χ1n) is 10.3. The molecule has 1 aliphatic rings. The molecule has 1 aliphatic heterocycles. The summed E-state index contributed by atoms with van der Waals surface area (Å²) >= 11 is 12.4. The van der Waals surface area contributed by atoms with E-state index in [1.54, 1.807) is 37.3 Å². The molecule has 178 valence electrons. The zero-order valence-corrected chi connectivity index (χ0v) is 20.1. The number of esters is 1. The normalized spacial score (nSPS) is 14.0. The summed E-state index contributed by atoms with van der Waals surface area (Å²) in [6.45, 7) is 1.85. The van der Waals surface area contributed by atoms with Crippen LogP contribution in [0.15, 0.2) is 65.3 Å². The molecule has 1 heterocycles. The minimum absolute atomic E-state index is 0.0328. The second kappa shape index (κ2) is 10.2. The summed E-state index contributed by atoms with van der Waals surface area (Å²) < 4.78 is 16.6. The van der Waals surface area contributed by atoms with E-state index in [2.05, 4.69) is 4.99 Å². The molecule has 0 fully saturated rings. The highest BCUT2D eigenvalue weighted by atomic mass is 35.5. The van der Waals surface area contributed by atoms with Gasteiger partial charge in [-0.25, -0.2) is 9.79 Å². The van der Waals surface area contributed by atoms with Gasteiger partial charge in [0.1, 0.15) is 6.61 Å². The lowest BCUT2D eigenvalue weighted by atomic mass is 10.1. The number of carbonyl (C=O) groups excluding carboxylic acids is 1. The van der Waals surface area contributed by atoms with Crippen molar-refractivity contribution in [3.63, 3.8) is 0 Å². The van der Waals surface area contributed by atoms with Crippen molar-refractivity contribution in [3.05, 3.63) is 103 Å². The van der Waals surface area contributed by atoms with Crippen LogP contribution >= 0.6 is 23.2 Å². The van der Waals surface area contributed by atoms with Crippen LogP contribution in [0.2, 0.25) is 10.0 Å². The molecule has 10 heteroatoms. The largest absolute Gasteiger partial charge is 0.493 e. The van der Waals surface area contributed by atoms with Crippen LogP contribution in [0.4, 0.5) is 5.69 Å². The lowest BCUT2D eigenvalue weighted by Gasteiger charge is -2.13. The van der Waals surface area contributed by atoms with Gasteiger partial charge in [0, 0.05) is 22.2 Å². The van der Waals surface area contributed by atoms with E-state index in [9.17, 15) is 14.9 Å². The number of cyclic esters (lactones) is 1. The topological polar surface area (TPSA) is 100 Å². The Hall–Kier alpha value is -3.88. The highest BCUT2D eigenvalue weighted by Gasteiger charge is 2.25. The number of nitrogens with zero attached hydrogens (tertiary/aromatic N) is 2. The third kappa shape index (κ3) is 5.45. The molecule has 0 saturated carbocycles. The number of benzene rings is 3. The van der Waals surface area contributed by atoms with Crippen LogP contribution in [0.5, 0.6) is 11.5 Å². The molecule has 4 rings (SSSR count). The van der Waals surface area contributed by atoms with Gasteiger partial charge in [-0.2, -0.15) is 0 Å². The second-order valence-electron chi connectivity index (χ2n) is 7.54. The first kappa shape index (κ1) is 24.3. The van der Waals surface area contributed by atoms with Crippen LogP contribution in [0.1, 0.15) is 22.3 Å². The molecular formula is C25H18Cl2N2O6. The number of carbonyl (C=O) groups is 1. The maximum absolute atomic E-state index is 12.4. The highest BCUT2D eigenvalue weighted by Crippen LogP contribution is 2.38. The minimum Gasteiger partial charge on any atom is -0.493 e. The van der Waals surface area contributed by atoms with Crippen molar-refractivity contribution in [2.24, 2.45) is 4.99 Å². The van der Waals surface area contributed by atoms with Gasteiger partial charge in [0.2, 0.25) is 5.90 Å². The predicted molar refractivity (Wildman–Crippen MR) is 132 cm³/mol. The van der Waals surface area contributed by atoms with Crippen molar-refractivity contribution in [1.82, 2.24) is 0 Å². The Morgan fingerprint density at radius 3 is 2.51 bits per heavy atom. The molecule has 0 saturated heterocycles. The number of hydrogen-bond donors (Lipinski definition) is 0. The van der Waals surface area contributed by atoms with Gasteiger partial charge in [-0.1, -0.05) is 35.3 Å². The zero-order chi connectivity index (χ0) is 25.1. The van der Waals surface area contributed by atoms with Gasteiger partial charge in [0.15, 0.2) is 17.2 Å². The monoisotopic (exact) mass is 512 g/mol. The fraction of sp³-hybridized carbons (Fsp3) is 0.120. The molecule has 0 aliphatic carbocycles. The van der Waals surface area contributed by atoms with Gasteiger partial charge in [-0.05, 0) is 60.5 Å². The summed E-state index contributed by atoms with van der Waals surface area (Å²) in [5.74, 6) is 0.125. The Labute approximate surface area is 210 Å². The summed E-state index contributed by atoms with van der Waals surface area (Å²) in [7, 11) is 1.48. The number of aryl methyl sites for hydroxylation is 1. The maximum Gasteiger partial charge on any atom is 0.363 e. The Balaban J connectivity index is 1.58. The number of rotatable bonds is 7. The standard InChI is InChI=1S/C25H18Cl2N2O6/c1-14-9-17(5-8-21(14)29(31)32)24-28-20(25(30)35-24)11-16-10-19(27)23(22(12-16)33-2)34-13-15-3-6-18(26)7-4-15/h3-12H,13H2,1-2H3/b20-11-. The van der Waals surface area contributed by atoms with Crippen LogP contribution < -0.4 is 9.47 Å². The van der Waals surface area contributed by atoms with E-state index < -0.39 is 10.9 Å². The Morgan fingerprint density at radius 1 is 1.11 bits per heavy atom. The van der Waals surface area contributed by atoms with Crippen LogP contribution in [-0.2, 0) is 16.1 Å². The van der Waals surface area contributed by atoms with Gasteiger partial charge in [-0.15, -0.1) is 0 Å². The third-order valence-electron chi connectivity index (χ3n) is 5.11. The van der Waals surface area contributed by atoms with Crippen LogP contribution in [0.3, 0.4) is 0 Å². The molecule has 3 aromatic carbocycles. The van der Waals surface area contributed by atoms with E-state index in [-0.39, 0.29) is 28.9 Å². The van der Waals surface area contributed by atoms with Gasteiger partial charge in [-0.3, -0.25) is 10.1 Å². The van der Waals surface area contributed by atoms with Gasteiger partial charge >= 0.3 is 5.97 Å². The van der Waals surface area contributed by atoms with Crippen molar-refractivity contribution in [1.29, 1.82) is 0 Å². The van der Waals surface area contributed by atoms with Gasteiger partial charge in [0.05, 0.1) is 17.1 Å². The number of hydrogen-bond acceptors (Lipinski definition) is 7. The van der Waals surface area contributed by atoms with E-state index in [0.29, 0.717) is 33.2 Å². The van der Waals surface area contributed by atoms with E-state index in [1.807, 2.05) is 12.1 Å². The molecule has 0 atom stereocenters. The SMILES string of the molecule is COc1cc(/C=C2\N=C(c3ccc([N+](=O)[O-])c(C)c3)OC2=O)cc(Cl)c1OCc1ccc(Cl)cc1. The van der Waals surface area contributed by atoms with Crippen LogP contribution in [-0.4, -0.2) is 23.9 Å². The van der Waals surface area contributed by atoms with Crippen molar-refractivity contribution < 1.29 is 23.9 Å². The highest BCUT2D eigenvalue weighted by molar-refractivity contribution is 6.32. The van der Waals surface area contributed by atoms with E-state index in [1.165, 1.54) is 25.3 Å². The number of ether oxygens (including phenoxy) is 3. The van der Waals surface area contributed by atoms with Crippen molar-refractivity contribution >= 4 is 46.8 Å². The number of nitro groups is 1. The van der Waals surface area contributed by atoms with E-state index in [4.69, 9.17) is 37.4 Å². The quantitative estimate of drug-likeness (QED) is 0.163. The molecule has 0 amide bonds. The molecular weight excluding hydrogens is 495 g/mol. The lowest BCUT2D eigenvalue weighted by Crippen LogP contribution is -2.06. The fourth-order valence-electron chi connectivity index (χ4n) is 3.38. The molecule has 0 spiro atoms. The molecule has 0 aromatic heterocycles. The molecule has 0 bridgehead atoms. The third-order valence-corrected chi connectivity index (χ3v) is 5.65. The molecule has 8 nitrogen and oxygen atoms in total. The summed E-state index contributed by atoms with van der Waals surface area (Å²) in [6, 6.07) is 14.9. The number of methoxy groups -OCH3 is 1. The second-order valence-corrected chi connectivity index (χ2v) is 8.39. The first-order chi connectivity index (χ1) is 16.7. The van der Waals surface area contributed by atoms with Crippen LogP contribution in [0.25, 0.3) is 6.08 Å². The van der Waals surface area contributed by atoms with E-state index in [0.717, 1.165) is 5.56 Å². The average molecular weight is 513 g/mol. The lowest BCUT2D eigenvalue weighted by molar-refractivity contribution is -0.385. The summed E-state index contributed by atoms with van der Waals surface area (Å²) in [4.78, 5) is 27.2.